The molecule has 1 unspecified atom stereocenters. The molecule has 2 aliphatic heterocycles. The molecule has 1 N–H and O–H groups in total. The van der Waals surface area contributed by atoms with E-state index in [-0.39, 0.29) is 23.4 Å². The van der Waals surface area contributed by atoms with Crippen LogP contribution < -0.4 is 5.56 Å². The van der Waals surface area contributed by atoms with Crippen molar-refractivity contribution in [1.82, 2.24) is 24.4 Å². The van der Waals surface area contributed by atoms with E-state index in [4.69, 9.17) is 4.98 Å². The van der Waals surface area contributed by atoms with Crippen LogP contribution >= 0.6 is 0 Å². The van der Waals surface area contributed by atoms with Crippen molar-refractivity contribution in [2.45, 2.75) is 65.6 Å². The highest BCUT2D eigenvalue weighted by Gasteiger charge is 2.29. The van der Waals surface area contributed by atoms with Crippen LogP contribution in [0.5, 0.6) is 0 Å². The number of rotatable bonds is 4. The first-order valence-electron chi connectivity index (χ1n) is 12.1. The second-order valence-electron chi connectivity index (χ2n) is 9.82. The number of carbonyl (C=O) groups excluding carboxylic acids is 1. The zero-order valence-corrected chi connectivity index (χ0v) is 19.8. The molecule has 1 atom stereocenters. The molecule has 0 radical (unpaired) electrons. The number of H-pyrrole nitrogens is 1. The molecule has 1 aromatic carbocycles. The number of carbonyl (C=O) groups is 1. The number of hydrogen-bond acceptors (Lipinski definition) is 4. The van der Waals surface area contributed by atoms with Crippen LogP contribution in [0.1, 0.15) is 67.2 Å². The topological polar surface area (TPSA) is 73.7 Å². The summed E-state index contributed by atoms with van der Waals surface area (Å²) in [5.41, 5.74) is 5.78. The molecule has 1 amide bonds. The van der Waals surface area contributed by atoms with E-state index in [1.54, 1.807) is 9.42 Å². The quantitative estimate of drug-likeness (QED) is 0.663. The van der Waals surface area contributed by atoms with Crippen molar-refractivity contribution in [2.75, 3.05) is 13.1 Å². The van der Waals surface area contributed by atoms with Crippen LogP contribution in [0.25, 0.3) is 5.65 Å². The highest BCUT2D eigenvalue weighted by molar-refractivity contribution is 5.78. The third kappa shape index (κ3) is 4.10. The number of fused-ring (bicyclic) bond motifs is 2. The Kier molecular flexibility index (Phi) is 5.83. The van der Waals surface area contributed by atoms with E-state index >= 15 is 0 Å². The van der Waals surface area contributed by atoms with E-state index < -0.39 is 0 Å². The van der Waals surface area contributed by atoms with Gasteiger partial charge in [-0.15, -0.1) is 0 Å². The molecule has 2 aliphatic rings. The lowest BCUT2D eigenvalue weighted by Gasteiger charge is -2.35. The molecule has 4 heterocycles. The first-order chi connectivity index (χ1) is 15.9. The van der Waals surface area contributed by atoms with Gasteiger partial charge in [-0.2, -0.15) is 0 Å². The third-order valence-corrected chi connectivity index (χ3v) is 7.19. The van der Waals surface area contributed by atoms with Gasteiger partial charge in [-0.3, -0.25) is 19.6 Å². The molecule has 174 valence electrons. The lowest BCUT2D eigenvalue weighted by atomic mass is 9.97. The van der Waals surface area contributed by atoms with E-state index in [0.29, 0.717) is 30.7 Å². The first kappa shape index (κ1) is 21.9. The standard InChI is InChI=1S/C26H33N5O2/c1-17(2)25(32)30-13-11-21-20(16-30)26(33)31-24(27-21)14-22(28-31)23-10-6-7-12-29(23)15-19-9-5-4-8-18(19)3/h4-5,8-9,14,17,23,28H,6-7,10-13,15-16H2,1-3H3. The van der Waals surface area contributed by atoms with Gasteiger partial charge in [-0.05, 0) is 37.4 Å². The number of piperidine rings is 1. The number of hydrogen-bond donors (Lipinski definition) is 1. The van der Waals surface area contributed by atoms with E-state index in [9.17, 15) is 9.59 Å². The Morgan fingerprint density at radius 1 is 1.21 bits per heavy atom. The number of nitrogens with one attached hydrogen (secondary N) is 1. The lowest BCUT2D eigenvalue weighted by Crippen LogP contribution is -2.41. The normalized spacial score (nSPS) is 19.3. The molecule has 7 nitrogen and oxygen atoms in total. The SMILES string of the molecule is Cc1ccccc1CN1CCCCC1c1cc2nc3c(c(=O)n2[nH]1)CN(C(=O)C(C)C)CC3. The molecule has 0 bridgehead atoms. The Hall–Kier alpha value is -2.93. The van der Waals surface area contributed by atoms with Crippen molar-refractivity contribution in [3.05, 3.63) is 68.8 Å². The summed E-state index contributed by atoms with van der Waals surface area (Å²) in [4.78, 5) is 35.0. The molecule has 0 saturated carbocycles. The lowest BCUT2D eigenvalue weighted by molar-refractivity contribution is -0.135. The summed E-state index contributed by atoms with van der Waals surface area (Å²) >= 11 is 0. The number of nitrogens with zero attached hydrogens (tertiary/aromatic N) is 4. The van der Waals surface area contributed by atoms with Crippen LogP contribution in [-0.4, -0.2) is 43.4 Å². The average Bonchev–Trinajstić information content (AvgIpc) is 3.24. The summed E-state index contributed by atoms with van der Waals surface area (Å²) in [5.74, 6) is 0.0139. The molecule has 7 heteroatoms. The van der Waals surface area contributed by atoms with Crippen LogP contribution in [0.2, 0.25) is 0 Å². The summed E-state index contributed by atoms with van der Waals surface area (Å²) in [6.45, 7) is 8.87. The zero-order valence-electron chi connectivity index (χ0n) is 19.8. The number of aromatic amines is 1. The Morgan fingerprint density at radius 2 is 2.03 bits per heavy atom. The molecular formula is C26H33N5O2. The highest BCUT2D eigenvalue weighted by Crippen LogP contribution is 2.32. The highest BCUT2D eigenvalue weighted by atomic mass is 16.2. The van der Waals surface area contributed by atoms with E-state index in [1.165, 1.54) is 24.0 Å². The minimum Gasteiger partial charge on any atom is -0.337 e. The second kappa shape index (κ2) is 8.78. The van der Waals surface area contributed by atoms with Crippen molar-refractivity contribution < 1.29 is 4.79 Å². The van der Waals surface area contributed by atoms with Gasteiger partial charge >= 0.3 is 0 Å². The fourth-order valence-corrected chi connectivity index (χ4v) is 5.26. The van der Waals surface area contributed by atoms with Crippen LogP contribution in [0.4, 0.5) is 0 Å². The first-order valence-corrected chi connectivity index (χ1v) is 12.1. The van der Waals surface area contributed by atoms with Crippen molar-refractivity contribution >= 4 is 11.6 Å². The molecule has 2 aromatic heterocycles. The number of amides is 1. The van der Waals surface area contributed by atoms with Gasteiger partial charge in [0, 0.05) is 31.5 Å². The molecule has 0 aliphatic carbocycles. The zero-order chi connectivity index (χ0) is 23.1. The van der Waals surface area contributed by atoms with Crippen molar-refractivity contribution in [3.63, 3.8) is 0 Å². The summed E-state index contributed by atoms with van der Waals surface area (Å²) < 4.78 is 1.58. The van der Waals surface area contributed by atoms with Crippen LogP contribution in [0.3, 0.4) is 0 Å². The fourth-order valence-electron chi connectivity index (χ4n) is 5.26. The number of aryl methyl sites for hydroxylation is 1. The van der Waals surface area contributed by atoms with Crippen molar-refractivity contribution in [3.8, 4) is 0 Å². The van der Waals surface area contributed by atoms with Gasteiger partial charge in [-0.1, -0.05) is 44.5 Å². The van der Waals surface area contributed by atoms with Gasteiger partial charge in [0.05, 0.1) is 29.5 Å². The summed E-state index contributed by atoms with van der Waals surface area (Å²) in [7, 11) is 0. The summed E-state index contributed by atoms with van der Waals surface area (Å²) in [5, 5.41) is 3.38. The number of likely N-dealkylation sites (tertiary alicyclic amines) is 1. The maximum Gasteiger partial charge on any atom is 0.277 e. The molecular weight excluding hydrogens is 414 g/mol. The van der Waals surface area contributed by atoms with Crippen molar-refractivity contribution in [2.24, 2.45) is 5.92 Å². The van der Waals surface area contributed by atoms with Gasteiger partial charge in [0.1, 0.15) is 0 Å². The van der Waals surface area contributed by atoms with Crippen LogP contribution in [-0.2, 0) is 24.3 Å². The Morgan fingerprint density at radius 3 is 2.82 bits per heavy atom. The Labute approximate surface area is 194 Å². The van der Waals surface area contributed by atoms with Crippen LogP contribution in [0.15, 0.2) is 35.1 Å². The van der Waals surface area contributed by atoms with Crippen molar-refractivity contribution in [1.29, 1.82) is 0 Å². The predicted molar refractivity (Wildman–Crippen MR) is 128 cm³/mol. The van der Waals surface area contributed by atoms with Gasteiger partial charge < -0.3 is 4.90 Å². The second-order valence-corrected chi connectivity index (χ2v) is 9.82. The maximum atomic E-state index is 13.4. The van der Waals surface area contributed by atoms with E-state index in [1.807, 2.05) is 19.9 Å². The van der Waals surface area contributed by atoms with Gasteiger partial charge in [-0.25, -0.2) is 9.50 Å². The van der Waals surface area contributed by atoms with Gasteiger partial charge in [0.2, 0.25) is 5.91 Å². The number of aromatic nitrogens is 3. The Bertz CT molecular complexity index is 1240. The third-order valence-electron chi connectivity index (χ3n) is 7.19. The predicted octanol–water partition coefficient (Wildman–Crippen LogP) is 3.60. The summed E-state index contributed by atoms with van der Waals surface area (Å²) in [6.07, 6.45) is 4.05. The molecule has 1 saturated heterocycles. The smallest absolute Gasteiger partial charge is 0.277 e. The fraction of sp³-hybridized carbons (Fsp3) is 0.500. The van der Waals surface area contributed by atoms with E-state index in [2.05, 4.69) is 41.2 Å². The molecule has 33 heavy (non-hydrogen) atoms. The molecule has 3 aromatic rings. The molecule has 0 spiro atoms. The minimum absolute atomic E-state index is 0.0754. The maximum absolute atomic E-state index is 13.4. The average molecular weight is 448 g/mol. The van der Waals surface area contributed by atoms with Gasteiger partial charge in [0.25, 0.3) is 5.56 Å². The van der Waals surface area contributed by atoms with Gasteiger partial charge in [0.15, 0.2) is 5.65 Å². The number of benzene rings is 1. The largest absolute Gasteiger partial charge is 0.337 e. The Balaban J connectivity index is 1.47. The summed E-state index contributed by atoms with van der Waals surface area (Å²) in [6, 6.07) is 10.8. The van der Waals surface area contributed by atoms with Crippen LogP contribution in [0, 0.1) is 12.8 Å². The minimum atomic E-state index is -0.0798. The molecule has 1 fully saturated rings. The molecule has 5 rings (SSSR count). The monoisotopic (exact) mass is 447 g/mol. The van der Waals surface area contributed by atoms with E-state index in [0.717, 1.165) is 30.9 Å².